The number of amides is 2. The highest BCUT2D eigenvalue weighted by Gasteiger charge is 2.17. The number of carbonyl (C=O) groups is 2. The van der Waals surface area contributed by atoms with Crippen molar-refractivity contribution in [3.8, 4) is 11.5 Å². The Hall–Kier alpha value is -3.69. The number of benzene rings is 3. The standard InChI is InChI=1S/C23H23N3O5S/c1-26(2)32(29,30)21-14-8-17(9-15-21)16-24-22(27)23(28)25-18-10-12-20(13-11-18)31-19-6-4-3-5-7-19/h3-15H,16H2,1-2H3,(H,24,27)(H,25,28). The Morgan fingerprint density at radius 1 is 0.812 bits per heavy atom. The van der Waals surface area contributed by atoms with E-state index >= 15 is 0 Å². The van der Waals surface area contributed by atoms with E-state index in [4.69, 9.17) is 4.74 Å². The molecule has 0 unspecified atom stereocenters. The number of sulfonamides is 1. The minimum atomic E-state index is -3.52. The van der Waals surface area contributed by atoms with Crippen LogP contribution in [0.4, 0.5) is 5.69 Å². The molecule has 0 spiro atoms. The van der Waals surface area contributed by atoms with E-state index in [-0.39, 0.29) is 11.4 Å². The SMILES string of the molecule is CN(C)S(=O)(=O)c1ccc(CNC(=O)C(=O)Nc2ccc(Oc3ccccc3)cc2)cc1. The van der Waals surface area contributed by atoms with Gasteiger partial charge in [0.15, 0.2) is 0 Å². The van der Waals surface area contributed by atoms with E-state index < -0.39 is 21.8 Å². The van der Waals surface area contributed by atoms with Crippen molar-refractivity contribution in [3.63, 3.8) is 0 Å². The first-order valence-electron chi connectivity index (χ1n) is 9.69. The third kappa shape index (κ3) is 5.93. The number of anilines is 1. The van der Waals surface area contributed by atoms with Gasteiger partial charge < -0.3 is 15.4 Å². The number of nitrogens with one attached hydrogen (secondary N) is 2. The maximum absolute atomic E-state index is 12.1. The molecule has 0 bridgehead atoms. The number of hydrogen-bond donors (Lipinski definition) is 2. The third-order valence-electron chi connectivity index (χ3n) is 4.45. The number of ether oxygens (including phenoxy) is 1. The summed E-state index contributed by atoms with van der Waals surface area (Å²) < 4.78 is 31.0. The van der Waals surface area contributed by atoms with Gasteiger partial charge in [-0.25, -0.2) is 12.7 Å². The van der Waals surface area contributed by atoms with Crippen LogP contribution in [-0.2, 0) is 26.2 Å². The first-order valence-corrected chi connectivity index (χ1v) is 11.1. The van der Waals surface area contributed by atoms with Gasteiger partial charge in [0.05, 0.1) is 4.90 Å². The van der Waals surface area contributed by atoms with Gasteiger partial charge in [0.25, 0.3) is 0 Å². The Labute approximate surface area is 186 Å². The lowest BCUT2D eigenvalue weighted by Gasteiger charge is -2.12. The lowest BCUT2D eigenvalue weighted by molar-refractivity contribution is -0.136. The molecule has 0 fully saturated rings. The zero-order valence-corrected chi connectivity index (χ0v) is 18.4. The molecule has 3 aromatic carbocycles. The van der Waals surface area contributed by atoms with Gasteiger partial charge in [0.1, 0.15) is 11.5 Å². The van der Waals surface area contributed by atoms with Gasteiger partial charge in [-0.2, -0.15) is 0 Å². The van der Waals surface area contributed by atoms with Crippen molar-refractivity contribution in [1.29, 1.82) is 0 Å². The molecular weight excluding hydrogens is 430 g/mol. The minimum Gasteiger partial charge on any atom is -0.457 e. The zero-order valence-electron chi connectivity index (χ0n) is 17.6. The van der Waals surface area contributed by atoms with Crippen molar-refractivity contribution in [2.75, 3.05) is 19.4 Å². The van der Waals surface area contributed by atoms with E-state index in [0.717, 1.165) is 4.31 Å². The quantitative estimate of drug-likeness (QED) is 0.535. The molecule has 3 aromatic rings. The van der Waals surface area contributed by atoms with Crippen molar-refractivity contribution in [2.45, 2.75) is 11.4 Å². The molecule has 0 saturated heterocycles. The summed E-state index contributed by atoms with van der Waals surface area (Å²) in [6.45, 7) is 0.0817. The van der Waals surface area contributed by atoms with Crippen LogP contribution in [-0.4, -0.2) is 38.6 Å². The maximum Gasteiger partial charge on any atom is 0.313 e. The Kier molecular flexibility index (Phi) is 7.24. The average Bonchev–Trinajstić information content (AvgIpc) is 2.79. The van der Waals surface area contributed by atoms with Crippen LogP contribution in [0.3, 0.4) is 0 Å². The largest absolute Gasteiger partial charge is 0.457 e. The van der Waals surface area contributed by atoms with Crippen LogP contribution in [0.15, 0.2) is 83.8 Å². The molecule has 0 radical (unpaired) electrons. The predicted octanol–water partition coefficient (Wildman–Crippen LogP) is 2.98. The van der Waals surface area contributed by atoms with Crippen LogP contribution in [0.1, 0.15) is 5.56 Å². The number of nitrogens with zero attached hydrogens (tertiary/aromatic N) is 1. The second kappa shape index (κ2) is 10.1. The summed E-state index contributed by atoms with van der Waals surface area (Å²) in [6.07, 6.45) is 0. The average molecular weight is 454 g/mol. The molecule has 0 aliphatic heterocycles. The number of rotatable bonds is 7. The first kappa shape index (κ1) is 23.0. The van der Waals surface area contributed by atoms with E-state index in [1.165, 1.54) is 26.2 Å². The van der Waals surface area contributed by atoms with Crippen LogP contribution in [0.5, 0.6) is 11.5 Å². The normalized spacial score (nSPS) is 11.1. The summed E-state index contributed by atoms with van der Waals surface area (Å²) in [7, 11) is -0.620. The second-order valence-electron chi connectivity index (χ2n) is 7.01. The van der Waals surface area contributed by atoms with Crippen LogP contribution >= 0.6 is 0 Å². The Morgan fingerprint density at radius 2 is 1.41 bits per heavy atom. The molecule has 0 aliphatic carbocycles. The second-order valence-corrected chi connectivity index (χ2v) is 9.16. The van der Waals surface area contributed by atoms with Crippen LogP contribution in [0.25, 0.3) is 0 Å². The van der Waals surface area contributed by atoms with E-state index in [9.17, 15) is 18.0 Å². The van der Waals surface area contributed by atoms with Crippen LogP contribution in [0, 0.1) is 0 Å². The third-order valence-corrected chi connectivity index (χ3v) is 6.28. The summed E-state index contributed by atoms with van der Waals surface area (Å²) in [6, 6.07) is 22.0. The maximum atomic E-state index is 12.1. The van der Waals surface area contributed by atoms with Gasteiger partial charge in [-0.15, -0.1) is 0 Å². The van der Waals surface area contributed by atoms with E-state index in [2.05, 4.69) is 10.6 Å². The van der Waals surface area contributed by atoms with Crippen molar-refractivity contribution in [2.24, 2.45) is 0 Å². The molecule has 2 N–H and O–H groups in total. The molecule has 0 aromatic heterocycles. The Morgan fingerprint density at radius 3 is 2.00 bits per heavy atom. The zero-order chi connectivity index (χ0) is 23.1. The summed E-state index contributed by atoms with van der Waals surface area (Å²) in [5.74, 6) is -0.331. The fraction of sp³-hybridized carbons (Fsp3) is 0.130. The van der Waals surface area contributed by atoms with Gasteiger partial charge in [0.2, 0.25) is 10.0 Å². The molecule has 8 nitrogen and oxygen atoms in total. The minimum absolute atomic E-state index is 0.0817. The summed E-state index contributed by atoms with van der Waals surface area (Å²) in [5.41, 5.74) is 1.11. The highest BCUT2D eigenvalue weighted by atomic mass is 32.2. The molecule has 166 valence electrons. The van der Waals surface area contributed by atoms with Crippen molar-refractivity contribution in [1.82, 2.24) is 9.62 Å². The molecule has 0 heterocycles. The molecule has 9 heteroatoms. The highest BCUT2D eigenvalue weighted by molar-refractivity contribution is 7.89. The van der Waals surface area contributed by atoms with E-state index in [1.54, 1.807) is 36.4 Å². The predicted molar refractivity (Wildman–Crippen MR) is 121 cm³/mol. The lowest BCUT2D eigenvalue weighted by atomic mass is 10.2. The Bertz CT molecular complexity index is 1180. The van der Waals surface area contributed by atoms with E-state index in [1.807, 2.05) is 30.3 Å². The van der Waals surface area contributed by atoms with Crippen LogP contribution in [0.2, 0.25) is 0 Å². The fourth-order valence-corrected chi connectivity index (χ4v) is 3.57. The molecule has 0 saturated carbocycles. The molecule has 32 heavy (non-hydrogen) atoms. The number of para-hydroxylation sites is 1. The van der Waals surface area contributed by atoms with Gasteiger partial charge in [-0.3, -0.25) is 9.59 Å². The number of carbonyl (C=O) groups excluding carboxylic acids is 2. The van der Waals surface area contributed by atoms with Gasteiger partial charge in [-0.05, 0) is 54.1 Å². The van der Waals surface area contributed by atoms with Crippen LogP contribution < -0.4 is 15.4 Å². The summed E-state index contributed by atoms with van der Waals surface area (Å²) in [5, 5.41) is 5.03. The van der Waals surface area contributed by atoms with E-state index in [0.29, 0.717) is 22.7 Å². The van der Waals surface area contributed by atoms with Crippen molar-refractivity contribution < 1.29 is 22.7 Å². The number of hydrogen-bond acceptors (Lipinski definition) is 5. The summed E-state index contributed by atoms with van der Waals surface area (Å²) in [4.78, 5) is 24.4. The van der Waals surface area contributed by atoms with Gasteiger partial charge >= 0.3 is 11.8 Å². The molecule has 0 atom stereocenters. The van der Waals surface area contributed by atoms with Crippen molar-refractivity contribution >= 4 is 27.5 Å². The first-order chi connectivity index (χ1) is 15.3. The molecular formula is C23H23N3O5S. The highest BCUT2D eigenvalue weighted by Crippen LogP contribution is 2.22. The molecule has 0 aliphatic rings. The summed E-state index contributed by atoms with van der Waals surface area (Å²) >= 11 is 0. The molecule has 3 rings (SSSR count). The lowest BCUT2D eigenvalue weighted by Crippen LogP contribution is -2.34. The topological polar surface area (TPSA) is 105 Å². The van der Waals surface area contributed by atoms with Gasteiger partial charge in [0, 0.05) is 26.3 Å². The van der Waals surface area contributed by atoms with Gasteiger partial charge in [-0.1, -0.05) is 30.3 Å². The molecule has 2 amide bonds. The Balaban J connectivity index is 1.51. The smallest absolute Gasteiger partial charge is 0.313 e. The van der Waals surface area contributed by atoms with Crippen molar-refractivity contribution in [3.05, 3.63) is 84.4 Å². The monoisotopic (exact) mass is 453 g/mol. The fourth-order valence-electron chi connectivity index (χ4n) is 2.67.